The zero-order chi connectivity index (χ0) is 21.5. The Labute approximate surface area is 170 Å². The molecule has 7 heteroatoms. The minimum Gasteiger partial charge on any atom is -0.344 e. The molecule has 2 amide bonds. The first kappa shape index (κ1) is 26.5. The summed E-state index contributed by atoms with van der Waals surface area (Å²) in [5.74, 6) is -0.747. The van der Waals surface area contributed by atoms with E-state index < -0.39 is 12.1 Å². The molecule has 0 aromatic carbocycles. The molecule has 0 fully saturated rings. The predicted octanol–water partition coefficient (Wildman–Crippen LogP) is 1.88. The zero-order valence-corrected chi connectivity index (χ0v) is 18.3. The van der Waals surface area contributed by atoms with Crippen molar-refractivity contribution in [2.75, 3.05) is 13.1 Å². The Hall–Kier alpha value is -1.47. The van der Waals surface area contributed by atoms with E-state index in [1.165, 1.54) is 39.0 Å². The molecule has 6 N–H and O–H groups in total. The topological polar surface area (TPSA) is 127 Å². The molecule has 0 radical (unpaired) electrons. The van der Waals surface area contributed by atoms with E-state index in [1.807, 2.05) is 13.8 Å². The second-order valence-corrected chi connectivity index (χ2v) is 8.06. The van der Waals surface area contributed by atoms with Gasteiger partial charge in [0, 0.05) is 13.0 Å². The van der Waals surface area contributed by atoms with Gasteiger partial charge in [-0.3, -0.25) is 14.4 Å². The lowest BCUT2D eigenvalue weighted by Crippen LogP contribution is -2.55. The summed E-state index contributed by atoms with van der Waals surface area (Å²) in [4.78, 5) is 36.4. The summed E-state index contributed by atoms with van der Waals surface area (Å²) in [6.07, 6.45) is 8.48. The van der Waals surface area contributed by atoms with Gasteiger partial charge in [0.05, 0.1) is 6.04 Å². The standard InChI is InChI=1S/C21H42N4O3/c1-5-6-7-8-9-10-11-17(13-22)12-19(27)25-20(15(2)3)21(28)24-18(14-23)16(4)26/h15,17-18,20H,5-14,22-23H2,1-4H3,(H,24,28)(H,25,27)/t17?,18-,20-/m0/s1. The maximum Gasteiger partial charge on any atom is 0.243 e. The molecule has 164 valence electrons. The number of carbonyl (C=O) groups excluding carboxylic acids is 3. The van der Waals surface area contributed by atoms with Crippen molar-refractivity contribution in [1.82, 2.24) is 10.6 Å². The molecule has 0 rings (SSSR count). The van der Waals surface area contributed by atoms with Gasteiger partial charge < -0.3 is 22.1 Å². The van der Waals surface area contributed by atoms with Crippen molar-refractivity contribution in [2.24, 2.45) is 23.3 Å². The van der Waals surface area contributed by atoms with Crippen molar-refractivity contribution >= 4 is 17.6 Å². The Morgan fingerprint density at radius 3 is 2.00 bits per heavy atom. The largest absolute Gasteiger partial charge is 0.344 e. The van der Waals surface area contributed by atoms with Gasteiger partial charge in [-0.25, -0.2) is 0 Å². The molecular formula is C21H42N4O3. The number of unbranched alkanes of at least 4 members (excludes halogenated alkanes) is 5. The molecule has 28 heavy (non-hydrogen) atoms. The van der Waals surface area contributed by atoms with Gasteiger partial charge in [-0.1, -0.05) is 59.3 Å². The van der Waals surface area contributed by atoms with Crippen LogP contribution in [-0.2, 0) is 14.4 Å². The maximum absolute atomic E-state index is 12.5. The van der Waals surface area contributed by atoms with E-state index in [4.69, 9.17) is 11.5 Å². The normalized spacial score (nSPS) is 14.4. The average Bonchev–Trinajstić information content (AvgIpc) is 2.65. The molecule has 0 spiro atoms. The number of hydrogen-bond acceptors (Lipinski definition) is 5. The van der Waals surface area contributed by atoms with Crippen LogP contribution in [0.5, 0.6) is 0 Å². The number of carbonyl (C=O) groups is 3. The van der Waals surface area contributed by atoms with Gasteiger partial charge in [0.2, 0.25) is 11.8 Å². The second kappa shape index (κ2) is 15.5. The fraction of sp³-hybridized carbons (Fsp3) is 0.857. The lowest BCUT2D eigenvalue weighted by Gasteiger charge is -2.25. The van der Waals surface area contributed by atoms with Crippen LogP contribution in [0.15, 0.2) is 0 Å². The molecule has 0 bridgehead atoms. The zero-order valence-electron chi connectivity index (χ0n) is 18.3. The smallest absolute Gasteiger partial charge is 0.243 e. The summed E-state index contributed by atoms with van der Waals surface area (Å²) in [5, 5.41) is 5.44. The maximum atomic E-state index is 12.5. The number of ketones is 1. The predicted molar refractivity (Wildman–Crippen MR) is 114 cm³/mol. The van der Waals surface area contributed by atoms with E-state index in [1.54, 1.807) is 0 Å². The molecule has 0 aromatic rings. The number of rotatable bonds is 16. The van der Waals surface area contributed by atoms with Crippen LogP contribution in [0.2, 0.25) is 0 Å². The van der Waals surface area contributed by atoms with Gasteiger partial charge in [0.25, 0.3) is 0 Å². The Bertz CT molecular complexity index is 469. The number of amides is 2. The van der Waals surface area contributed by atoms with Crippen LogP contribution in [0.3, 0.4) is 0 Å². The summed E-state index contributed by atoms with van der Waals surface area (Å²) in [6, 6.07) is -1.43. The SMILES string of the molecule is CCCCCCCCC(CN)CC(=O)N[C@H](C(=O)N[C@@H](CN)C(C)=O)C(C)C. The number of Topliss-reactive ketones (excluding diaryl/α,β-unsaturated/α-hetero) is 1. The number of nitrogens with one attached hydrogen (secondary N) is 2. The van der Waals surface area contributed by atoms with Crippen LogP contribution >= 0.6 is 0 Å². The summed E-state index contributed by atoms with van der Waals surface area (Å²) in [6.45, 7) is 7.78. The molecule has 0 saturated heterocycles. The quantitative estimate of drug-likeness (QED) is 0.295. The van der Waals surface area contributed by atoms with Crippen molar-refractivity contribution in [1.29, 1.82) is 0 Å². The molecular weight excluding hydrogens is 356 g/mol. The summed E-state index contributed by atoms with van der Waals surface area (Å²) < 4.78 is 0. The molecule has 0 aromatic heterocycles. The lowest BCUT2D eigenvalue weighted by molar-refractivity contribution is -0.132. The van der Waals surface area contributed by atoms with E-state index in [0.29, 0.717) is 13.0 Å². The van der Waals surface area contributed by atoms with E-state index >= 15 is 0 Å². The Morgan fingerprint density at radius 2 is 1.50 bits per heavy atom. The highest BCUT2D eigenvalue weighted by Gasteiger charge is 2.27. The highest BCUT2D eigenvalue weighted by Crippen LogP contribution is 2.15. The van der Waals surface area contributed by atoms with Crippen molar-refractivity contribution in [3.63, 3.8) is 0 Å². The first-order valence-corrected chi connectivity index (χ1v) is 10.8. The van der Waals surface area contributed by atoms with E-state index in [-0.39, 0.29) is 36.0 Å². The minimum absolute atomic E-state index is 0.0351. The van der Waals surface area contributed by atoms with Crippen LogP contribution in [0, 0.1) is 11.8 Å². The average molecular weight is 399 g/mol. The third-order valence-corrected chi connectivity index (χ3v) is 5.08. The second-order valence-electron chi connectivity index (χ2n) is 8.06. The van der Waals surface area contributed by atoms with Gasteiger partial charge in [0.15, 0.2) is 5.78 Å². The molecule has 3 atom stereocenters. The van der Waals surface area contributed by atoms with Crippen molar-refractivity contribution in [3.8, 4) is 0 Å². The fourth-order valence-electron chi connectivity index (χ4n) is 3.13. The molecule has 0 heterocycles. The molecule has 0 aliphatic rings. The Morgan fingerprint density at radius 1 is 0.893 bits per heavy atom. The Balaban J connectivity index is 4.53. The molecule has 0 aliphatic heterocycles. The van der Waals surface area contributed by atoms with Crippen molar-refractivity contribution < 1.29 is 14.4 Å². The summed E-state index contributed by atoms with van der Waals surface area (Å²) in [5.41, 5.74) is 11.4. The first-order valence-electron chi connectivity index (χ1n) is 10.8. The van der Waals surface area contributed by atoms with Crippen molar-refractivity contribution in [2.45, 2.75) is 91.1 Å². The molecule has 1 unspecified atom stereocenters. The number of hydrogen-bond donors (Lipinski definition) is 4. The van der Waals surface area contributed by atoms with Gasteiger partial charge in [-0.2, -0.15) is 0 Å². The molecule has 0 saturated carbocycles. The van der Waals surface area contributed by atoms with Crippen LogP contribution in [-0.4, -0.2) is 42.8 Å². The molecule has 7 nitrogen and oxygen atoms in total. The lowest BCUT2D eigenvalue weighted by atomic mass is 9.96. The van der Waals surface area contributed by atoms with E-state index in [2.05, 4.69) is 17.6 Å². The third kappa shape index (κ3) is 11.4. The summed E-state index contributed by atoms with van der Waals surface area (Å²) in [7, 11) is 0. The monoisotopic (exact) mass is 398 g/mol. The summed E-state index contributed by atoms with van der Waals surface area (Å²) >= 11 is 0. The van der Waals surface area contributed by atoms with Crippen LogP contribution in [0.25, 0.3) is 0 Å². The minimum atomic E-state index is -0.727. The fourth-order valence-corrected chi connectivity index (χ4v) is 3.13. The highest BCUT2D eigenvalue weighted by atomic mass is 16.2. The van der Waals surface area contributed by atoms with Crippen LogP contribution in [0.4, 0.5) is 0 Å². The first-order chi connectivity index (χ1) is 13.3. The number of nitrogens with two attached hydrogens (primary N) is 2. The van der Waals surface area contributed by atoms with Crippen molar-refractivity contribution in [3.05, 3.63) is 0 Å². The van der Waals surface area contributed by atoms with Gasteiger partial charge in [-0.05, 0) is 31.7 Å². The Kier molecular flexibility index (Phi) is 14.6. The van der Waals surface area contributed by atoms with Gasteiger partial charge >= 0.3 is 0 Å². The highest BCUT2D eigenvalue weighted by molar-refractivity contribution is 5.92. The van der Waals surface area contributed by atoms with Gasteiger partial charge in [0.1, 0.15) is 6.04 Å². The van der Waals surface area contributed by atoms with Gasteiger partial charge in [-0.15, -0.1) is 0 Å². The van der Waals surface area contributed by atoms with Crippen LogP contribution < -0.4 is 22.1 Å². The third-order valence-electron chi connectivity index (χ3n) is 5.08. The van der Waals surface area contributed by atoms with E-state index in [0.717, 1.165) is 12.8 Å². The van der Waals surface area contributed by atoms with E-state index in [9.17, 15) is 14.4 Å². The van der Waals surface area contributed by atoms with Crippen LogP contribution in [0.1, 0.15) is 79.1 Å². The molecule has 0 aliphatic carbocycles.